The van der Waals surface area contributed by atoms with E-state index in [9.17, 15) is 0 Å². The van der Waals surface area contributed by atoms with Crippen LogP contribution >= 0.6 is 38.9 Å². The Hall–Kier alpha value is -0.360. The number of hydrogen-bond donors (Lipinski definition) is 1. The van der Waals surface area contributed by atoms with E-state index in [1.165, 1.54) is 4.88 Å². The highest BCUT2D eigenvalue weighted by Gasteiger charge is 2.20. The summed E-state index contributed by atoms with van der Waals surface area (Å²) in [6.45, 7) is 5.05. The molecule has 2 aromatic heterocycles. The third-order valence-electron chi connectivity index (χ3n) is 3.09. The van der Waals surface area contributed by atoms with Crippen LogP contribution in [0.25, 0.3) is 0 Å². The summed E-state index contributed by atoms with van der Waals surface area (Å²) in [5.41, 5.74) is 2.12. The molecule has 0 aromatic carbocycles. The normalized spacial score (nSPS) is 12.9. The van der Waals surface area contributed by atoms with E-state index in [1.54, 1.807) is 16.0 Å². The van der Waals surface area contributed by atoms with E-state index in [-0.39, 0.29) is 6.04 Å². The Balaban J connectivity index is 2.29. The summed E-state index contributed by atoms with van der Waals surface area (Å²) in [4.78, 5) is 1.31. The van der Waals surface area contributed by atoms with Crippen LogP contribution in [0.5, 0.6) is 0 Å². The molecule has 1 atom stereocenters. The van der Waals surface area contributed by atoms with Gasteiger partial charge in [0.15, 0.2) is 0 Å². The first-order chi connectivity index (χ1) is 9.04. The molecule has 1 N–H and O–H groups in total. The molecule has 104 valence electrons. The second-order valence-electron chi connectivity index (χ2n) is 4.43. The maximum absolute atomic E-state index is 6.32. The van der Waals surface area contributed by atoms with Gasteiger partial charge in [-0.05, 0) is 47.3 Å². The third-order valence-corrected chi connectivity index (χ3v) is 5.55. The zero-order valence-corrected chi connectivity index (χ0v) is 14.4. The molecule has 0 spiro atoms. The van der Waals surface area contributed by atoms with Gasteiger partial charge in [-0.3, -0.25) is 4.68 Å². The average molecular weight is 363 g/mol. The molecule has 0 saturated heterocycles. The molecule has 2 aromatic rings. The summed E-state index contributed by atoms with van der Waals surface area (Å²) in [5.74, 6) is 0. The van der Waals surface area contributed by atoms with Crippen molar-refractivity contribution in [2.24, 2.45) is 7.05 Å². The molecule has 19 heavy (non-hydrogen) atoms. The monoisotopic (exact) mass is 361 g/mol. The molecule has 0 radical (unpaired) electrons. The molecule has 0 aliphatic heterocycles. The average Bonchev–Trinajstić information content (AvgIpc) is 2.88. The lowest BCUT2D eigenvalue weighted by atomic mass is 10.1. The van der Waals surface area contributed by atoms with Crippen molar-refractivity contribution in [3.8, 4) is 0 Å². The van der Waals surface area contributed by atoms with Crippen molar-refractivity contribution in [2.45, 2.75) is 26.3 Å². The Morgan fingerprint density at radius 1 is 1.58 bits per heavy atom. The van der Waals surface area contributed by atoms with Gasteiger partial charge in [0.25, 0.3) is 0 Å². The van der Waals surface area contributed by atoms with Crippen molar-refractivity contribution >= 4 is 38.9 Å². The zero-order valence-electron chi connectivity index (χ0n) is 11.2. The molecule has 2 rings (SSSR count). The molecule has 1 unspecified atom stereocenters. The van der Waals surface area contributed by atoms with Gasteiger partial charge in [-0.1, -0.05) is 18.5 Å². The van der Waals surface area contributed by atoms with Crippen LogP contribution in [-0.4, -0.2) is 16.3 Å². The summed E-state index contributed by atoms with van der Waals surface area (Å²) in [6.07, 6.45) is 0.853. The maximum Gasteiger partial charge on any atom is 0.130 e. The van der Waals surface area contributed by atoms with E-state index in [1.807, 2.05) is 14.0 Å². The Morgan fingerprint density at radius 2 is 2.32 bits per heavy atom. The molecular weight excluding hydrogens is 346 g/mol. The lowest BCUT2D eigenvalue weighted by molar-refractivity contribution is 0.555. The second-order valence-corrected chi connectivity index (χ2v) is 6.59. The first kappa shape index (κ1) is 15.0. The minimum atomic E-state index is 0.264. The number of thiophene rings is 1. The number of halogens is 2. The van der Waals surface area contributed by atoms with E-state index in [0.717, 1.165) is 33.8 Å². The quantitative estimate of drug-likeness (QED) is 0.868. The van der Waals surface area contributed by atoms with E-state index in [2.05, 4.69) is 44.7 Å². The summed E-state index contributed by atoms with van der Waals surface area (Å²) < 4.78 is 2.89. The number of likely N-dealkylation sites (N-methyl/N-ethyl adjacent to an activating group) is 1. The van der Waals surface area contributed by atoms with Gasteiger partial charge in [-0.2, -0.15) is 5.10 Å². The first-order valence-electron chi connectivity index (χ1n) is 6.18. The Labute approximate surface area is 131 Å². The van der Waals surface area contributed by atoms with E-state index >= 15 is 0 Å². The molecule has 0 bridgehead atoms. The Bertz CT molecular complexity index is 564. The summed E-state index contributed by atoms with van der Waals surface area (Å²) in [5, 5.41) is 10.7. The molecule has 3 nitrogen and oxygen atoms in total. The number of rotatable bonds is 5. The molecule has 0 saturated carbocycles. The van der Waals surface area contributed by atoms with Gasteiger partial charge in [0.05, 0.1) is 5.69 Å². The van der Waals surface area contributed by atoms with Crippen LogP contribution in [0, 0.1) is 6.92 Å². The number of aryl methyl sites for hydroxylation is 2. The molecule has 0 amide bonds. The van der Waals surface area contributed by atoms with Gasteiger partial charge in [-0.25, -0.2) is 0 Å². The fraction of sp³-hybridized carbons (Fsp3) is 0.462. The van der Waals surface area contributed by atoms with Crippen molar-refractivity contribution in [3.63, 3.8) is 0 Å². The van der Waals surface area contributed by atoms with Gasteiger partial charge in [-0.15, -0.1) is 11.3 Å². The third kappa shape index (κ3) is 3.21. The number of nitrogens with one attached hydrogen (secondary N) is 1. The summed E-state index contributed by atoms with van der Waals surface area (Å²) >= 11 is 11.7. The van der Waals surface area contributed by atoms with Crippen molar-refractivity contribution < 1.29 is 0 Å². The Kier molecular flexibility index (Phi) is 5.06. The highest BCUT2D eigenvalue weighted by atomic mass is 79.9. The SMILES string of the molecule is CCNC(Cc1c(C)nn(C)c1Cl)c1sccc1Br. The minimum Gasteiger partial charge on any atom is -0.309 e. The summed E-state index contributed by atoms with van der Waals surface area (Å²) in [7, 11) is 1.88. The topological polar surface area (TPSA) is 29.9 Å². The predicted molar refractivity (Wildman–Crippen MR) is 85.1 cm³/mol. The zero-order chi connectivity index (χ0) is 14.0. The van der Waals surface area contributed by atoms with Crippen LogP contribution in [0.1, 0.15) is 29.1 Å². The smallest absolute Gasteiger partial charge is 0.130 e. The highest BCUT2D eigenvalue weighted by Crippen LogP contribution is 2.33. The number of hydrogen-bond acceptors (Lipinski definition) is 3. The van der Waals surface area contributed by atoms with Crippen molar-refractivity contribution in [2.75, 3.05) is 6.54 Å². The van der Waals surface area contributed by atoms with Crippen LogP contribution in [0.4, 0.5) is 0 Å². The Morgan fingerprint density at radius 3 is 2.79 bits per heavy atom. The summed E-state index contributed by atoms with van der Waals surface area (Å²) in [6, 6.07) is 2.35. The maximum atomic E-state index is 6.32. The molecule has 6 heteroatoms. The molecule has 0 fully saturated rings. The molecule has 2 heterocycles. The highest BCUT2D eigenvalue weighted by molar-refractivity contribution is 9.10. The van der Waals surface area contributed by atoms with Crippen molar-refractivity contribution in [1.82, 2.24) is 15.1 Å². The van der Waals surface area contributed by atoms with E-state index in [0.29, 0.717) is 0 Å². The fourth-order valence-corrected chi connectivity index (χ4v) is 4.15. The van der Waals surface area contributed by atoms with Crippen LogP contribution in [0.3, 0.4) is 0 Å². The minimum absolute atomic E-state index is 0.264. The van der Waals surface area contributed by atoms with Crippen molar-refractivity contribution in [3.05, 3.63) is 37.2 Å². The van der Waals surface area contributed by atoms with Crippen LogP contribution in [-0.2, 0) is 13.5 Å². The van der Waals surface area contributed by atoms with E-state index in [4.69, 9.17) is 11.6 Å². The first-order valence-corrected chi connectivity index (χ1v) is 8.23. The molecular formula is C13H17BrClN3S. The lowest BCUT2D eigenvalue weighted by Gasteiger charge is -2.17. The van der Waals surface area contributed by atoms with Gasteiger partial charge in [0.2, 0.25) is 0 Å². The number of aromatic nitrogens is 2. The van der Waals surface area contributed by atoms with Crippen LogP contribution < -0.4 is 5.32 Å². The standard InChI is InChI=1S/C13H17BrClN3S/c1-4-16-11(12-10(14)5-6-19-12)7-9-8(2)17-18(3)13(9)15/h5-6,11,16H,4,7H2,1-3H3. The van der Waals surface area contributed by atoms with Gasteiger partial charge in [0.1, 0.15) is 5.15 Å². The van der Waals surface area contributed by atoms with Crippen LogP contribution in [0.2, 0.25) is 5.15 Å². The van der Waals surface area contributed by atoms with Crippen molar-refractivity contribution in [1.29, 1.82) is 0 Å². The van der Waals surface area contributed by atoms with E-state index < -0.39 is 0 Å². The largest absolute Gasteiger partial charge is 0.309 e. The van der Waals surface area contributed by atoms with Gasteiger partial charge in [0, 0.05) is 28.0 Å². The lowest BCUT2D eigenvalue weighted by Crippen LogP contribution is -2.22. The van der Waals surface area contributed by atoms with Gasteiger partial charge < -0.3 is 5.32 Å². The second kappa shape index (κ2) is 6.39. The predicted octanol–water partition coefficient (Wildman–Crippen LogP) is 4.10. The number of nitrogens with zero attached hydrogens (tertiary/aromatic N) is 2. The fourth-order valence-electron chi connectivity index (χ4n) is 2.17. The molecule has 0 aliphatic carbocycles. The molecule has 0 aliphatic rings. The van der Waals surface area contributed by atoms with Gasteiger partial charge >= 0.3 is 0 Å². The van der Waals surface area contributed by atoms with Crippen LogP contribution in [0.15, 0.2) is 15.9 Å².